The molecule has 1 aromatic heterocycles. The van der Waals surface area contributed by atoms with Crippen LogP contribution >= 0.6 is 0 Å². The lowest BCUT2D eigenvalue weighted by Gasteiger charge is -2.34. The maximum absolute atomic E-state index is 6.51. The van der Waals surface area contributed by atoms with Gasteiger partial charge in [0.1, 0.15) is 5.69 Å². The molecule has 0 bridgehead atoms. The fraction of sp³-hybridized carbons (Fsp3) is 0.0200. The summed E-state index contributed by atoms with van der Waals surface area (Å²) in [6, 6.07) is 69.8. The maximum atomic E-state index is 6.51. The summed E-state index contributed by atoms with van der Waals surface area (Å²) in [7, 11) is 0. The second-order valence-corrected chi connectivity index (χ2v) is 13.9. The Morgan fingerprint density at radius 3 is 1.81 bits per heavy atom. The van der Waals surface area contributed by atoms with Crippen molar-refractivity contribution in [2.45, 2.75) is 5.41 Å². The summed E-state index contributed by atoms with van der Waals surface area (Å²) in [6.07, 6.45) is 0. The van der Waals surface area contributed by atoms with Gasteiger partial charge in [-0.3, -0.25) is 0 Å². The third-order valence-corrected chi connectivity index (χ3v) is 11.1. The molecule has 3 nitrogen and oxygen atoms in total. The molecule has 0 amide bonds. The SMILES string of the molecule is c1ccc(-c2nc3c(o2)-c2cccc4c(N(c5ccccc5)c5ccc6c(c5)-c5ccccc5C6(c5ccccc5)c5ccccc5)ccc-3c24)cc1. The fourth-order valence-corrected chi connectivity index (χ4v) is 8.94. The summed E-state index contributed by atoms with van der Waals surface area (Å²) in [6.45, 7) is 0. The molecule has 248 valence electrons. The Morgan fingerprint density at radius 2 is 1.08 bits per heavy atom. The monoisotopic (exact) mass is 676 g/mol. The van der Waals surface area contributed by atoms with Gasteiger partial charge in [-0.1, -0.05) is 146 Å². The molecule has 0 N–H and O–H groups in total. The fourth-order valence-electron chi connectivity index (χ4n) is 8.94. The molecule has 53 heavy (non-hydrogen) atoms. The third kappa shape index (κ3) is 4.25. The Kier molecular flexibility index (Phi) is 6.47. The van der Waals surface area contributed by atoms with Gasteiger partial charge in [-0.25, -0.2) is 4.98 Å². The topological polar surface area (TPSA) is 29.3 Å². The summed E-state index contributed by atoms with van der Waals surface area (Å²) < 4.78 is 6.51. The zero-order valence-corrected chi connectivity index (χ0v) is 28.8. The number of nitrogens with zero attached hydrogens (tertiary/aromatic N) is 2. The summed E-state index contributed by atoms with van der Waals surface area (Å²) in [5.74, 6) is 1.48. The third-order valence-electron chi connectivity index (χ3n) is 11.1. The van der Waals surface area contributed by atoms with Crippen LogP contribution in [0.1, 0.15) is 22.3 Å². The second kappa shape index (κ2) is 11.5. The molecular formula is C50H32N2O. The van der Waals surface area contributed by atoms with Crippen LogP contribution in [0.25, 0.3) is 55.9 Å². The van der Waals surface area contributed by atoms with Crippen molar-refractivity contribution >= 4 is 27.8 Å². The molecule has 0 radical (unpaired) electrons. The van der Waals surface area contributed by atoms with E-state index in [9.17, 15) is 0 Å². The molecule has 0 fully saturated rings. The van der Waals surface area contributed by atoms with E-state index in [4.69, 9.17) is 9.40 Å². The van der Waals surface area contributed by atoms with Gasteiger partial charge in [0.05, 0.1) is 11.1 Å². The molecule has 11 rings (SSSR count). The van der Waals surface area contributed by atoms with Gasteiger partial charge in [-0.15, -0.1) is 0 Å². The van der Waals surface area contributed by atoms with E-state index < -0.39 is 5.41 Å². The molecule has 0 spiro atoms. The number of aromatic nitrogens is 1. The number of hydrogen-bond acceptors (Lipinski definition) is 3. The van der Waals surface area contributed by atoms with E-state index in [0.717, 1.165) is 50.6 Å². The van der Waals surface area contributed by atoms with Crippen LogP contribution in [0.15, 0.2) is 199 Å². The van der Waals surface area contributed by atoms with E-state index in [0.29, 0.717) is 5.89 Å². The van der Waals surface area contributed by atoms with Gasteiger partial charge in [0.25, 0.3) is 0 Å². The molecule has 1 heterocycles. The van der Waals surface area contributed by atoms with E-state index in [1.54, 1.807) is 0 Å². The van der Waals surface area contributed by atoms with E-state index in [1.807, 2.05) is 30.3 Å². The first kappa shape index (κ1) is 29.7. The number of oxazole rings is 1. The first-order chi connectivity index (χ1) is 26.3. The Hall–Kier alpha value is -6.97. The number of rotatable bonds is 6. The van der Waals surface area contributed by atoms with Crippen molar-refractivity contribution in [3.8, 4) is 45.2 Å². The van der Waals surface area contributed by atoms with Gasteiger partial charge in [-0.2, -0.15) is 0 Å². The standard InChI is InChI=1S/C50H32N2O/c1-5-16-33(17-6-1)49-51-47-40-29-31-45(39-25-15-26-41(46(39)40)48(47)53-49)52(36-22-11-4-12-23-36)37-28-30-44-42(32-37)38-24-13-14-27-43(38)50(44,34-18-7-2-8-19-34)35-20-9-3-10-21-35/h1-32H. The van der Waals surface area contributed by atoms with Crippen LogP contribution in [0.5, 0.6) is 0 Å². The van der Waals surface area contributed by atoms with Crippen LogP contribution in [0.2, 0.25) is 0 Å². The minimum Gasteiger partial charge on any atom is -0.435 e. The molecule has 0 unspecified atom stereocenters. The lowest BCUT2D eigenvalue weighted by Crippen LogP contribution is -2.28. The quantitative estimate of drug-likeness (QED) is 0.176. The van der Waals surface area contributed by atoms with Crippen LogP contribution < -0.4 is 4.90 Å². The number of benzene rings is 8. The highest BCUT2D eigenvalue weighted by molar-refractivity contribution is 6.17. The largest absolute Gasteiger partial charge is 0.435 e. The first-order valence-electron chi connectivity index (χ1n) is 18.1. The van der Waals surface area contributed by atoms with Gasteiger partial charge < -0.3 is 9.32 Å². The molecule has 0 atom stereocenters. The predicted octanol–water partition coefficient (Wildman–Crippen LogP) is 13.0. The van der Waals surface area contributed by atoms with Gasteiger partial charge in [0, 0.05) is 38.8 Å². The van der Waals surface area contributed by atoms with Crippen molar-refractivity contribution in [2.24, 2.45) is 0 Å². The average Bonchev–Trinajstić information content (AvgIpc) is 3.89. The Balaban J connectivity index is 1.13. The molecule has 8 aromatic carbocycles. The van der Waals surface area contributed by atoms with Crippen LogP contribution in [0, 0.1) is 0 Å². The lowest BCUT2D eigenvalue weighted by atomic mass is 9.68. The Bertz CT molecular complexity index is 2760. The van der Waals surface area contributed by atoms with Gasteiger partial charge in [0.2, 0.25) is 5.89 Å². The highest BCUT2D eigenvalue weighted by Gasteiger charge is 2.46. The Labute approximate surface area is 308 Å². The van der Waals surface area contributed by atoms with Crippen molar-refractivity contribution < 1.29 is 4.42 Å². The maximum Gasteiger partial charge on any atom is 0.227 e. The van der Waals surface area contributed by atoms with Gasteiger partial charge in [-0.05, 0) is 81.9 Å². The second-order valence-electron chi connectivity index (χ2n) is 13.9. The van der Waals surface area contributed by atoms with E-state index in [2.05, 4.69) is 169 Å². The van der Waals surface area contributed by atoms with Crippen LogP contribution in [0.3, 0.4) is 0 Å². The summed E-state index contributed by atoms with van der Waals surface area (Å²) in [5, 5.41) is 2.33. The zero-order valence-electron chi connectivity index (χ0n) is 28.8. The van der Waals surface area contributed by atoms with E-state index in [-0.39, 0.29) is 0 Å². The molecule has 2 aliphatic rings. The van der Waals surface area contributed by atoms with Crippen LogP contribution in [0.4, 0.5) is 17.1 Å². The van der Waals surface area contributed by atoms with Crippen molar-refractivity contribution in [2.75, 3.05) is 4.90 Å². The number of hydrogen-bond donors (Lipinski definition) is 0. The van der Waals surface area contributed by atoms with Crippen LogP contribution in [-0.2, 0) is 5.41 Å². The van der Waals surface area contributed by atoms with Crippen molar-refractivity contribution in [3.05, 3.63) is 216 Å². The summed E-state index contributed by atoms with van der Waals surface area (Å²) in [4.78, 5) is 7.44. The smallest absolute Gasteiger partial charge is 0.227 e. The van der Waals surface area contributed by atoms with Gasteiger partial charge >= 0.3 is 0 Å². The molecule has 9 aromatic rings. The zero-order chi connectivity index (χ0) is 34.9. The molecule has 2 aliphatic carbocycles. The molecular weight excluding hydrogens is 645 g/mol. The molecule has 0 saturated heterocycles. The summed E-state index contributed by atoms with van der Waals surface area (Å²) in [5.41, 5.74) is 14.5. The highest BCUT2D eigenvalue weighted by atomic mass is 16.4. The molecule has 0 aliphatic heterocycles. The average molecular weight is 677 g/mol. The van der Waals surface area contributed by atoms with Crippen LogP contribution in [-0.4, -0.2) is 4.98 Å². The molecule has 3 heteroatoms. The molecule has 0 saturated carbocycles. The summed E-state index contributed by atoms with van der Waals surface area (Å²) >= 11 is 0. The van der Waals surface area contributed by atoms with Gasteiger partial charge in [0.15, 0.2) is 5.76 Å². The normalized spacial score (nSPS) is 13.1. The predicted molar refractivity (Wildman–Crippen MR) is 216 cm³/mol. The van der Waals surface area contributed by atoms with Crippen molar-refractivity contribution in [3.63, 3.8) is 0 Å². The Morgan fingerprint density at radius 1 is 0.453 bits per heavy atom. The minimum absolute atomic E-state index is 0.447. The lowest BCUT2D eigenvalue weighted by molar-refractivity contribution is 0.590. The first-order valence-corrected chi connectivity index (χ1v) is 18.1. The number of fused-ring (bicyclic) bond motifs is 6. The number of anilines is 3. The highest BCUT2D eigenvalue weighted by Crippen LogP contribution is 2.58. The van der Waals surface area contributed by atoms with E-state index in [1.165, 1.54) is 38.8 Å². The van der Waals surface area contributed by atoms with Crippen molar-refractivity contribution in [1.82, 2.24) is 4.98 Å². The number of para-hydroxylation sites is 1. The minimum atomic E-state index is -0.447. The van der Waals surface area contributed by atoms with E-state index >= 15 is 0 Å². The van der Waals surface area contributed by atoms with Crippen molar-refractivity contribution in [1.29, 1.82) is 0 Å².